The monoisotopic (exact) mass is 457 g/mol. The summed E-state index contributed by atoms with van der Waals surface area (Å²) in [5.74, 6) is -1.44. The lowest BCUT2D eigenvalue weighted by Crippen LogP contribution is -2.50. The van der Waals surface area contributed by atoms with Crippen LogP contribution in [0, 0.1) is 11.8 Å². The quantitative estimate of drug-likeness (QED) is 0.637. The smallest absolute Gasteiger partial charge is 0.309 e. The molecule has 3 aliphatic rings. The lowest BCUT2D eigenvalue weighted by atomic mass is 9.62. The van der Waals surface area contributed by atoms with Crippen LogP contribution in [0.15, 0.2) is 18.2 Å². The van der Waals surface area contributed by atoms with Gasteiger partial charge in [0.05, 0.1) is 6.54 Å². The molecular formula is C24H33BFN3O4. The van der Waals surface area contributed by atoms with Gasteiger partial charge in [-0.1, -0.05) is 38.9 Å². The molecule has 7 nitrogen and oxygen atoms in total. The maximum atomic E-state index is 13.9. The van der Waals surface area contributed by atoms with E-state index in [4.69, 9.17) is 0 Å². The molecule has 178 valence electrons. The van der Waals surface area contributed by atoms with Crippen LogP contribution in [-0.4, -0.2) is 64.2 Å². The van der Waals surface area contributed by atoms with Crippen molar-refractivity contribution in [2.45, 2.75) is 77.6 Å². The van der Waals surface area contributed by atoms with E-state index >= 15 is 0 Å². The number of halogens is 1. The standard InChI is InChI=1S/C24H33BFN3O4/c1-14(2)7-15-5-4-6-16-11-28(13-19(15)16)22(30)9-17-8-20(27-23(17)31)24(32)29-12-18(26)10-21(29)25(3)33/h4-6,14,17-18,20-21,33H,7-13H2,1-3H3,(H,27,31)/t17-,18?,20-,21-/m0/s1. The second-order valence-electron chi connectivity index (χ2n) is 10.2. The molecular weight excluding hydrogens is 424 g/mol. The minimum atomic E-state index is -1.18. The second kappa shape index (κ2) is 9.45. The van der Waals surface area contributed by atoms with Gasteiger partial charge in [-0.3, -0.25) is 14.4 Å². The number of nitrogens with one attached hydrogen (secondary N) is 1. The fourth-order valence-corrected chi connectivity index (χ4v) is 5.44. The van der Waals surface area contributed by atoms with Crippen molar-refractivity contribution in [3.63, 3.8) is 0 Å². The Morgan fingerprint density at radius 2 is 2.03 bits per heavy atom. The van der Waals surface area contributed by atoms with Crippen LogP contribution in [0.1, 0.15) is 49.8 Å². The molecule has 1 aromatic carbocycles. The van der Waals surface area contributed by atoms with E-state index in [0.29, 0.717) is 19.0 Å². The molecule has 4 rings (SSSR count). The third-order valence-electron chi connectivity index (χ3n) is 7.12. The second-order valence-corrected chi connectivity index (χ2v) is 10.2. The van der Waals surface area contributed by atoms with Gasteiger partial charge < -0.3 is 20.1 Å². The van der Waals surface area contributed by atoms with Gasteiger partial charge in [0.25, 0.3) is 0 Å². The van der Waals surface area contributed by atoms with Crippen LogP contribution in [-0.2, 0) is 33.9 Å². The molecule has 4 atom stereocenters. The van der Waals surface area contributed by atoms with E-state index in [-0.39, 0.29) is 43.5 Å². The number of alkyl halides is 1. The minimum Gasteiger partial charge on any atom is -0.449 e. The molecule has 0 aromatic heterocycles. The van der Waals surface area contributed by atoms with Crippen molar-refractivity contribution in [3.05, 3.63) is 34.9 Å². The molecule has 33 heavy (non-hydrogen) atoms. The highest BCUT2D eigenvalue weighted by atomic mass is 19.1. The van der Waals surface area contributed by atoms with E-state index in [9.17, 15) is 23.8 Å². The first kappa shape index (κ1) is 23.7. The zero-order valence-electron chi connectivity index (χ0n) is 19.6. The first-order chi connectivity index (χ1) is 15.6. The molecule has 3 aliphatic heterocycles. The summed E-state index contributed by atoms with van der Waals surface area (Å²) in [6.07, 6.45) is 0.141. The molecule has 2 fully saturated rings. The molecule has 1 aromatic rings. The van der Waals surface area contributed by atoms with Crippen LogP contribution in [0.2, 0.25) is 6.82 Å². The molecule has 9 heteroatoms. The van der Waals surface area contributed by atoms with Gasteiger partial charge in [-0.05, 0) is 41.9 Å². The average molecular weight is 457 g/mol. The van der Waals surface area contributed by atoms with Crippen molar-refractivity contribution >= 4 is 24.6 Å². The molecule has 0 aliphatic carbocycles. The van der Waals surface area contributed by atoms with Gasteiger partial charge in [-0.25, -0.2) is 4.39 Å². The van der Waals surface area contributed by atoms with Gasteiger partial charge in [0.2, 0.25) is 17.7 Å². The van der Waals surface area contributed by atoms with Crippen molar-refractivity contribution in [2.75, 3.05) is 6.54 Å². The van der Waals surface area contributed by atoms with E-state index in [1.54, 1.807) is 11.7 Å². The van der Waals surface area contributed by atoms with E-state index in [2.05, 4.69) is 31.3 Å². The third-order valence-corrected chi connectivity index (χ3v) is 7.12. The summed E-state index contributed by atoms with van der Waals surface area (Å²) in [5, 5.41) is 12.6. The average Bonchev–Trinajstić information content (AvgIpc) is 3.44. The summed E-state index contributed by atoms with van der Waals surface area (Å²) in [5.41, 5.74) is 3.64. The first-order valence-corrected chi connectivity index (χ1v) is 11.9. The molecule has 0 bridgehead atoms. The van der Waals surface area contributed by atoms with Gasteiger partial charge in [0.15, 0.2) is 0 Å². The van der Waals surface area contributed by atoms with Gasteiger partial charge >= 0.3 is 6.92 Å². The molecule has 2 saturated heterocycles. The predicted molar refractivity (Wildman–Crippen MR) is 123 cm³/mol. The Hall–Kier alpha value is -2.42. The summed E-state index contributed by atoms with van der Waals surface area (Å²) < 4.78 is 13.9. The van der Waals surface area contributed by atoms with E-state index < -0.39 is 31.0 Å². The number of carbonyl (C=O) groups is 3. The number of fused-ring (bicyclic) bond motifs is 1. The Morgan fingerprint density at radius 3 is 2.73 bits per heavy atom. The molecule has 1 unspecified atom stereocenters. The van der Waals surface area contributed by atoms with Crippen LogP contribution in [0.5, 0.6) is 0 Å². The highest BCUT2D eigenvalue weighted by Crippen LogP contribution is 2.31. The van der Waals surface area contributed by atoms with E-state index in [1.807, 2.05) is 6.07 Å². The van der Waals surface area contributed by atoms with Crippen LogP contribution in [0.3, 0.4) is 0 Å². The molecule has 3 heterocycles. The summed E-state index contributed by atoms with van der Waals surface area (Å²) in [6.45, 7) is 6.06. The zero-order chi connectivity index (χ0) is 23.9. The zero-order valence-corrected chi connectivity index (χ0v) is 19.6. The molecule has 2 N–H and O–H groups in total. The van der Waals surface area contributed by atoms with Crippen molar-refractivity contribution in [1.82, 2.24) is 15.1 Å². The summed E-state index contributed by atoms with van der Waals surface area (Å²) in [7, 11) is 0. The normalized spacial score (nSPS) is 26.7. The van der Waals surface area contributed by atoms with Gasteiger partial charge in [-0.2, -0.15) is 0 Å². The van der Waals surface area contributed by atoms with Crippen molar-refractivity contribution in [1.29, 1.82) is 0 Å². The lowest BCUT2D eigenvalue weighted by molar-refractivity contribution is -0.135. The van der Waals surface area contributed by atoms with Crippen LogP contribution in [0.25, 0.3) is 0 Å². The van der Waals surface area contributed by atoms with Crippen molar-refractivity contribution < 1.29 is 23.8 Å². The Morgan fingerprint density at radius 1 is 1.27 bits per heavy atom. The number of hydrogen-bond acceptors (Lipinski definition) is 4. The topological polar surface area (TPSA) is 90.0 Å². The van der Waals surface area contributed by atoms with Gasteiger partial charge in [-0.15, -0.1) is 0 Å². The Bertz CT molecular complexity index is 940. The lowest BCUT2D eigenvalue weighted by Gasteiger charge is -2.27. The summed E-state index contributed by atoms with van der Waals surface area (Å²) in [6, 6.07) is 5.42. The third kappa shape index (κ3) is 4.93. The van der Waals surface area contributed by atoms with Gasteiger partial charge in [0.1, 0.15) is 12.2 Å². The van der Waals surface area contributed by atoms with Crippen molar-refractivity contribution in [3.8, 4) is 0 Å². The number of hydrogen-bond donors (Lipinski definition) is 2. The highest BCUT2D eigenvalue weighted by molar-refractivity contribution is 6.51. The fraction of sp³-hybridized carbons (Fsp3) is 0.625. The highest BCUT2D eigenvalue weighted by Gasteiger charge is 2.45. The summed E-state index contributed by atoms with van der Waals surface area (Å²) >= 11 is 0. The Kier molecular flexibility index (Phi) is 6.79. The largest absolute Gasteiger partial charge is 0.449 e. The fourth-order valence-electron chi connectivity index (χ4n) is 5.44. The van der Waals surface area contributed by atoms with E-state index in [0.717, 1.165) is 12.0 Å². The number of carbonyl (C=O) groups excluding carboxylic acids is 3. The molecule has 0 saturated carbocycles. The number of rotatable bonds is 6. The number of likely N-dealkylation sites (tertiary alicyclic amines) is 1. The Labute approximate surface area is 194 Å². The van der Waals surface area contributed by atoms with Crippen molar-refractivity contribution in [2.24, 2.45) is 11.8 Å². The molecule has 3 amide bonds. The maximum absolute atomic E-state index is 13.9. The Balaban J connectivity index is 1.37. The number of benzene rings is 1. The first-order valence-electron chi connectivity index (χ1n) is 11.9. The van der Waals surface area contributed by atoms with Crippen LogP contribution < -0.4 is 5.32 Å². The van der Waals surface area contributed by atoms with Crippen LogP contribution >= 0.6 is 0 Å². The van der Waals surface area contributed by atoms with Gasteiger partial charge in [0, 0.05) is 31.4 Å². The van der Waals surface area contributed by atoms with E-state index in [1.165, 1.54) is 16.0 Å². The summed E-state index contributed by atoms with van der Waals surface area (Å²) in [4.78, 5) is 41.7. The minimum absolute atomic E-state index is 0.0503. The number of amides is 3. The predicted octanol–water partition coefficient (Wildman–Crippen LogP) is 1.71. The maximum Gasteiger partial charge on any atom is 0.309 e. The molecule has 0 spiro atoms. The van der Waals surface area contributed by atoms with Crippen LogP contribution in [0.4, 0.5) is 4.39 Å². The molecule has 0 radical (unpaired) electrons. The number of nitrogens with zero attached hydrogens (tertiary/aromatic N) is 2. The SMILES string of the molecule is CB(O)[C@@H]1CC(F)CN1C(=O)[C@@H]1C[C@@H](CC(=O)N2Cc3cccc(CC(C)C)c3C2)C(=O)N1.